The van der Waals surface area contributed by atoms with Crippen molar-refractivity contribution in [1.82, 2.24) is 4.31 Å². The van der Waals surface area contributed by atoms with E-state index in [-0.39, 0.29) is 17.9 Å². The van der Waals surface area contributed by atoms with Crippen LogP contribution in [0, 0.1) is 5.82 Å². The number of amides is 1. The lowest BCUT2D eigenvalue weighted by Crippen LogP contribution is -2.41. The van der Waals surface area contributed by atoms with E-state index in [2.05, 4.69) is 5.32 Å². The second kappa shape index (κ2) is 11.2. The monoisotopic (exact) mass is 528 g/mol. The van der Waals surface area contributed by atoms with Crippen LogP contribution in [0.2, 0.25) is 0 Å². The van der Waals surface area contributed by atoms with Crippen LogP contribution in [0.5, 0.6) is 0 Å². The van der Waals surface area contributed by atoms with Gasteiger partial charge in [0.2, 0.25) is 10.0 Å². The first-order chi connectivity index (χ1) is 17.3. The molecule has 1 heterocycles. The maximum atomic E-state index is 13.4. The van der Waals surface area contributed by atoms with E-state index in [1.165, 1.54) is 28.2 Å². The number of ether oxygens (including phenoxy) is 1. The highest BCUT2D eigenvalue weighted by Gasteiger charge is 2.38. The van der Waals surface area contributed by atoms with Gasteiger partial charge in [-0.15, -0.1) is 11.8 Å². The molecule has 0 bridgehead atoms. The average Bonchev–Trinajstić information content (AvgIpc) is 2.88. The number of esters is 1. The lowest BCUT2D eigenvalue weighted by Gasteiger charge is -2.36. The highest BCUT2D eigenvalue weighted by molar-refractivity contribution is 7.98. The summed E-state index contributed by atoms with van der Waals surface area (Å²) in [6.45, 7) is -0.346. The number of anilines is 1. The molecule has 1 N–H and O–H groups in total. The van der Waals surface area contributed by atoms with Crippen LogP contribution in [0.15, 0.2) is 82.6 Å². The molecule has 3 aromatic rings. The van der Waals surface area contributed by atoms with Crippen LogP contribution in [-0.2, 0) is 30.8 Å². The van der Waals surface area contributed by atoms with Gasteiger partial charge in [-0.2, -0.15) is 4.31 Å². The summed E-state index contributed by atoms with van der Waals surface area (Å²) in [6.07, 6.45) is 2.09. The Hall–Kier alpha value is -3.21. The zero-order chi connectivity index (χ0) is 25.7. The summed E-state index contributed by atoms with van der Waals surface area (Å²) in [7, 11) is -4.02. The Morgan fingerprint density at radius 2 is 1.75 bits per heavy atom. The molecule has 4 rings (SSSR count). The number of carbonyl (C=O) groups is 2. The SMILES string of the molecule is CSc1ccccc1NC(=O)COC(=O)CC1c2ccccc2CCN1S(=O)(=O)c1ccc(F)cc1. The maximum Gasteiger partial charge on any atom is 0.308 e. The Balaban J connectivity index is 1.49. The summed E-state index contributed by atoms with van der Waals surface area (Å²) in [5.74, 6) is -1.74. The van der Waals surface area contributed by atoms with E-state index in [4.69, 9.17) is 4.74 Å². The van der Waals surface area contributed by atoms with Gasteiger partial charge in [-0.3, -0.25) is 9.59 Å². The molecular formula is C26H25FN2O5S2. The first kappa shape index (κ1) is 25.9. The molecule has 7 nitrogen and oxygen atoms in total. The largest absolute Gasteiger partial charge is 0.456 e. The normalized spacial score (nSPS) is 15.7. The average molecular weight is 529 g/mol. The van der Waals surface area contributed by atoms with E-state index >= 15 is 0 Å². The van der Waals surface area contributed by atoms with Crippen molar-refractivity contribution in [2.45, 2.75) is 28.7 Å². The molecular weight excluding hydrogens is 503 g/mol. The number of hydrogen-bond donors (Lipinski definition) is 1. The maximum absolute atomic E-state index is 13.4. The molecule has 0 aliphatic carbocycles. The zero-order valence-corrected chi connectivity index (χ0v) is 21.1. The van der Waals surface area contributed by atoms with Gasteiger partial charge in [-0.05, 0) is 60.2 Å². The second-order valence-electron chi connectivity index (χ2n) is 8.15. The van der Waals surface area contributed by atoms with Crippen LogP contribution >= 0.6 is 11.8 Å². The summed E-state index contributed by atoms with van der Waals surface area (Å²) in [6, 6.07) is 18.3. The van der Waals surface area contributed by atoms with Crippen molar-refractivity contribution in [3.8, 4) is 0 Å². The van der Waals surface area contributed by atoms with Gasteiger partial charge in [0, 0.05) is 11.4 Å². The number of carbonyl (C=O) groups excluding carboxylic acids is 2. The number of thioether (sulfide) groups is 1. The van der Waals surface area contributed by atoms with E-state index in [9.17, 15) is 22.4 Å². The Labute approximate surface area is 213 Å². The van der Waals surface area contributed by atoms with Gasteiger partial charge in [0.05, 0.1) is 23.0 Å². The van der Waals surface area contributed by atoms with Gasteiger partial charge < -0.3 is 10.1 Å². The van der Waals surface area contributed by atoms with Crippen molar-refractivity contribution in [2.75, 3.05) is 24.7 Å². The molecule has 36 heavy (non-hydrogen) atoms. The minimum absolute atomic E-state index is 0.0616. The van der Waals surface area contributed by atoms with Gasteiger partial charge >= 0.3 is 5.97 Å². The fraction of sp³-hybridized carbons (Fsp3) is 0.231. The Bertz CT molecular complexity index is 1360. The fourth-order valence-electron chi connectivity index (χ4n) is 4.17. The molecule has 0 spiro atoms. The molecule has 0 fully saturated rings. The molecule has 188 valence electrons. The highest BCUT2D eigenvalue weighted by atomic mass is 32.2. The van der Waals surface area contributed by atoms with E-state index in [1.807, 2.05) is 30.5 Å². The van der Waals surface area contributed by atoms with Gasteiger partial charge in [-0.25, -0.2) is 12.8 Å². The van der Waals surface area contributed by atoms with Crippen molar-refractivity contribution >= 4 is 39.3 Å². The minimum Gasteiger partial charge on any atom is -0.456 e. The lowest BCUT2D eigenvalue weighted by molar-refractivity contribution is -0.148. The van der Waals surface area contributed by atoms with Crippen molar-refractivity contribution in [3.63, 3.8) is 0 Å². The fourth-order valence-corrected chi connectivity index (χ4v) is 6.33. The molecule has 1 aliphatic heterocycles. The number of nitrogens with one attached hydrogen (secondary N) is 1. The molecule has 0 saturated heterocycles. The number of hydrogen-bond acceptors (Lipinski definition) is 6. The summed E-state index contributed by atoms with van der Waals surface area (Å²) in [5, 5.41) is 2.72. The molecule has 0 aromatic heterocycles. The molecule has 1 atom stereocenters. The van der Waals surface area contributed by atoms with Crippen molar-refractivity contribution in [3.05, 3.63) is 89.7 Å². The van der Waals surface area contributed by atoms with Gasteiger partial charge in [0.1, 0.15) is 5.82 Å². The number of fused-ring (bicyclic) bond motifs is 1. The van der Waals surface area contributed by atoms with Gasteiger partial charge in [0.15, 0.2) is 6.61 Å². The number of sulfonamides is 1. The predicted molar refractivity (Wildman–Crippen MR) is 136 cm³/mol. The first-order valence-corrected chi connectivity index (χ1v) is 13.9. The molecule has 1 unspecified atom stereocenters. The third kappa shape index (κ3) is 5.77. The van der Waals surface area contributed by atoms with Crippen LogP contribution in [0.3, 0.4) is 0 Å². The van der Waals surface area contributed by atoms with Crippen LogP contribution in [0.25, 0.3) is 0 Å². The first-order valence-electron chi connectivity index (χ1n) is 11.2. The van der Waals surface area contributed by atoms with Crippen molar-refractivity contribution in [2.24, 2.45) is 0 Å². The van der Waals surface area contributed by atoms with E-state index in [1.54, 1.807) is 24.3 Å². The summed E-state index contributed by atoms with van der Waals surface area (Å²) in [5.41, 5.74) is 2.25. The van der Waals surface area contributed by atoms with Gasteiger partial charge in [0.25, 0.3) is 5.91 Å². The third-order valence-electron chi connectivity index (χ3n) is 5.89. The van der Waals surface area contributed by atoms with E-state index in [0.717, 1.165) is 22.6 Å². The van der Waals surface area contributed by atoms with Crippen LogP contribution in [0.4, 0.5) is 10.1 Å². The zero-order valence-electron chi connectivity index (χ0n) is 19.5. The molecule has 10 heteroatoms. The summed E-state index contributed by atoms with van der Waals surface area (Å²) < 4.78 is 46.7. The van der Waals surface area contributed by atoms with Gasteiger partial charge in [-0.1, -0.05) is 36.4 Å². The lowest BCUT2D eigenvalue weighted by atomic mass is 9.92. The van der Waals surface area contributed by atoms with Crippen LogP contribution < -0.4 is 5.32 Å². The Morgan fingerprint density at radius 3 is 2.50 bits per heavy atom. The highest BCUT2D eigenvalue weighted by Crippen LogP contribution is 2.36. The number of rotatable bonds is 8. The predicted octanol–water partition coefficient (Wildman–Crippen LogP) is 4.41. The minimum atomic E-state index is -4.02. The molecule has 0 saturated carbocycles. The van der Waals surface area contributed by atoms with Crippen LogP contribution in [0.1, 0.15) is 23.6 Å². The summed E-state index contributed by atoms with van der Waals surface area (Å²) >= 11 is 1.47. The topological polar surface area (TPSA) is 92.8 Å². The number of para-hydroxylation sites is 1. The van der Waals surface area contributed by atoms with E-state index in [0.29, 0.717) is 17.7 Å². The van der Waals surface area contributed by atoms with Crippen LogP contribution in [-0.4, -0.2) is 44.0 Å². The standard InChI is InChI=1S/C26H25FN2O5S2/c1-35-24-9-5-4-8-22(24)28-25(30)17-34-26(31)16-23-21-7-3-2-6-18(21)14-15-29(23)36(32,33)20-12-10-19(27)11-13-20/h2-13,23H,14-17H2,1H3,(H,28,30). The van der Waals surface area contributed by atoms with Crippen molar-refractivity contribution in [1.29, 1.82) is 0 Å². The number of nitrogens with zero attached hydrogens (tertiary/aromatic N) is 1. The Morgan fingerprint density at radius 1 is 1.06 bits per heavy atom. The molecule has 1 aliphatic rings. The smallest absolute Gasteiger partial charge is 0.308 e. The molecule has 1 amide bonds. The number of benzene rings is 3. The second-order valence-corrected chi connectivity index (χ2v) is 10.9. The molecule has 3 aromatic carbocycles. The summed E-state index contributed by atoms with van der Waals surface area (Å²) in [4.78, 5) is 26.0. The number of halogens is 1. The quantitative estimate of drug-likeness (QED) is 0.344. The third-order valence-corrected chi connectivity index (χ3v) is 8.61. The van der Waals surface area contributed by atoms with E-state index < -0.39 is 40.4 Å². The molecule has 0 radical (unpaired) electrons. The van der Waals surface area contributed by atoms with Crippen molar-refractivity contribution < 1.29 is 27.1 Å². The Kier molecular flexibility index (Phi) is 8.07.